The summed E-state index contributed by atoms with van der Waals surface area (Å²) in [6, 6.07) is 16.5. The fourth-order valence-electron chi connectivity index (χ4n) is 7.12. The third-order valence-corrected chi connectivity index (χ3v) is 10.4. The van der Waals surface area contributed by atoms with Crippen LogP contribution in [0.25, 0.3) is 43.6 Å². The van der Waals surface area contributed by atoms with E-state index in [4.69, 9.17) is 14.5 Å². The van der Waals surface area contributed by atoms with E-state index in [0.717, 1.165) is 67.2 Å². The minimum absolute atomic E-state index is 0.0532. The smallest absolute Gasteiger partial charge is 0.337 e. The predicted molar refractivity (Wildman–Crippen MR) is 178 cm³/mol. The first-order chi connectivity index (χ1) is 21.9. The van der Waals surface area contributed by atoms with E-state index in [1.165, 1.54) is 31.9 Å². The lowest BCUT2D eigenvalue weighted by Gasteiger charge is -2.28. The zero-order valence-corrected chi connectivity index (χ0v) is 26.9. The Hall–Kier alpha value is -4.08. The Morgan fingerprint density at radius 1 is 0.978 bits per heavy atom. The van der Waals surface area contributed by atoms with E-state index in [1.54, 1.807) is 11.3 Å². The van der Waals surface area contributed by atoms with Crippen LogP contribution in [0.15, 0.2) is 48.5 Å². The number of rotatable bonds is 6. The molecule has 3 aromatic heterocycles. The number of thiazole rings is 1. The molecular formula is C36H38N4O4S. The summed E-state index contributed by atoms with van der Waals surface area (Å²) in [5, 5.41) is 3.17. The number of aromatic nitrogens is 3. The maximum Gasteiger partial charge on any atom is 0.337 e. The van der Waals surface area contributed by atoms with Gasteiger partial charge in [-0.2, -0.15) is 0 Å². The van der Waals surface area contributed by atoms with E-state index in [9.17, 15) is 9.59 Å². The molecule has 0 spiro atoms. The molecule has 0 radical (unpaired) electrons. The van der Waals surface area contributed by atoms with E-state index in [1.807, 2.05) is 30.9 Å². The van der Waals surface area contributed by atoms with Crippen molar-refractivity contribution in [3.63, 3.8) is 0 Å². The van der Waals surface area contributed by atoms with Crippen LogP contribution in [-0.2, 0) is 20.8 Å². The van der Waals surface area contributed by atoms with Gasteiger partial charge in [0.15, 0.2) is 0 Å². The Morgan fingerprint density at radius 3 is 2.51 bits per heavy atom. The lowest BCUT2D eigenvalue weighted by atomic mass is 9.81. The molecular weight excluding hydrogens is 584 g/mol. The van der Waals surface area contributed by atoms with Crippen molar-refractivity contribution in [2.45, 2.75) is 58.4 Å². The van der Waals surface area contributed by atoms with Gasteiger partial charge in [0.25, 0.3) is 0 Å². The number of carbonyl (C=O) groups is 2. The van der Waals surface area contributed by atoms with Gasteiger partial charge in [-0.15, -0.1) is 11.3 Å². The number of morpholine rings is 1. The molecule has 2 fully saturated rings. The van der Waals surface area contributed by atoms with Gasteiger partial charge in [0, 0.05) is 23.9 Å². The van der Waals surface area contributed by atoms with Crippen LogP contribution < -0.4 is 0 Å². The Balaban J connectivity index is 1.41. The first-order valence-corrected chi connectivity index (χ1v) is 16.7. The molecule has 1 saturated carbocycles. The van der Waals surface area contributed by atoms with Gasteiger partial charge in [-0.25, -0.2) is 14.8 Å². The van der Waals surface area contributed by atoms with Crippen molar-refractivity contribution in [3.05, 3.63) is 70.4 Å². The summed E-state index contributed by atoms with van der Waals surface area (Å²) in [7, 11) is 1.40. The van der Waals surface area contributed by atoms with E-state index < -0.39 is 0 Å². The number of benzene rings is 2. The summed E-state index contributed by atoms with van der Waals surface area (Å²) in [6.07, 6.45) is 5.83. The van der Waals surface area contributed by atoms with Gasteiger partial charge in [0.2, 0.25) is 5.91 Å². The van der Waals surface area contributed by atoms with Crippen LogP contribution in [0.5, 0.6) is 0 Å². The molecule has 5 aromatic rings. The number of fused-ring (bicyclic) bond motifs is 2. The Morgan fingerprint density at radius 2 is 1.78 bits per heavy atom. The highest BCUT2D eigenvalue weighted by atomic mass is 32.1. The van der Waals surface area contributed by atoms with E-state index in [2.05, 4.69) is 45.9 Å². The van der Waals surface area contributed by atoms with E-state index >= 15 is 0 Å². The number of esters is 1. The number of nitrogens with zero attached hydrogens (tertiary/aromatic N) is 4. The predicted octanol–water partition coefficient (Wildman–Crippen LogP) is 7.29. The highest BCUT2D eigenvalue weighted by Crippen LogP contribution is 2.45. The van der Waals surface area contributed by atoms with Crippen molar-refractivity contribution < 1.29 is 19.1 Å². The molecule has 0 unspecified atom stereocenters. The van der Waals surface area contributed by atoms with Crippen molar-refractivity contribution >= 4 is 45.0 Å². The summed E-state index contributed by atoms with van der Waals surface area (Å²) in [5.41, 5.74) is 7.60. The van der Waals surface area contributed by atoms with Crippen molar-refractivity contribution in [2.75, 3.05) is 33.4 Å². The van der Waals surface area contributed by atoms with Gasteiger partial charge in [-0.1, -0.05) is 37.5 Å². The molecule has 1 saturated heterocycles. The molecule has 0 bridgehead atoms. The minimum atomic E-state index is -0.385. The second-order valence-electron chi connectivity index (χ2n) is 12.2. The standard InChI is InChI=1S/C36H38N4O4S/c1-22-35(45-23(2)37-22)30-14-10-25-19-26(11-13-29(25)38-30)34-33(24-7-5-4-6-8-24)28-12-9-27(36(42)43-3)20-31(28)40(34)21-32(41)39-15-17-44-18-16-39/h9-14,19-20,24H,4-8,15-18,21H2,1-3H3. The molecule has 2 aromatic carbocycles. The molecule has 2 aliphatic rings. The van der Waals surface area contributed by atoms with E-state index in [-0.39, 0.29) is 18.4 Å². The summed E-state index contributed by atoms with van der Waals surface area (Å²) in [4.78, 5) is 39.1. The zero-order valence-electron chi connectivity index (χ0n) is 26.1. The minimum Gasteiger partial charge on any atom is -0.465 e. The van der Waals surface area contributed by atoms with Crippen LogP contribution in [0.1, 0.15) is 64.6 Å². The number of hydrogen-bond donors (Lipinski definition) is 0. The number of hydrogen-bond acceptors (Lipinski definition) is 7. The molecule has 0 N–H and O–H groups in total. The molecule has 8 nitrogen and oxygen atoms in total. The van der Waals surface area contributed by atoms with Gasteiger partial charge < -0.3 is 18.9 Å². The average molecular weight is 623 g/mol. The molecule has 1 amide bonds. The first-order valence-electron chi connectivity index (χ1n) is 15.9. The number of aryl methyl sites for hydroxylation is 2. The Kier molecular flexibility index (Phi) is 8.14. The summed E-state index contributed by atoms with van der Waals surface area (Å²) in [5.74, 6) is 0.0371. The highest BCUT2D eigenvalue weighted by Gasteiger charge is 2.29. The van der Waals surface area contributed by atoms with Crippen LogP contribution in [0.4, 0.5) is 0 Å². The molecule has 0 atom stereocenters. The summed E-state index contributed by atoms with van der Waals surface area (Å²) >= 11 is 1.67. The van der Waals surface area contributed by atoms with E-state index in [0.29, 0.717) is 37.8 Å². The summed E-state index contributed by atoms with van der Waals surface area (Å²) in [6.45, 7) is 6.50. The molecule has 1 aliphatic heterocycles. The fraction of sp³-hybridized carbons (Fsp3) is 0.389. The van der Waals surface area contributed by atoms with Crippen molar-refractivity contribution in [3.8, 4) is 21.8 Å². The first kappa shape index (κ1) is 29.6. The van der Waals surface area contributed by atoms with Crippen LogP contribution in [-0.4, -0.2) is 64.7 Å². The molecule has 45 heavy (non-hydrogen) atoms. The Labute approximate surface area is 267 Å². The van der Waals surface area contributed by atoms with Crippen molar-refractivity contribution in [1.29, 1.82) is 0 Å². The zero-order chi connectivity index (χ0) is 31.1. The number of carbonyl (C=O) groups excluding carboxylic acids is 2. The van der Waals surface area contributed by atoms with Crippen LogP contribution >= 0.6 is 11.3 Å². The van der Waals surface area contributed by atoms with Gasteiger partial charge >= 0.3 is 5.97 Å². The number of amides is 1. The molecule has 1 aliphatic carbocycles. The third-order valence-electron chi connectivity index (χ3n) is 9.29. The largest absolute Gasteiger partial charge is 0.465 e. The average Bonchev–Trinajstić information content (AvgIpc) is 3.59. The van der Waals surface area contributed by atoms with Gasteiger partial charge in [-0.05, 0) is 74.1 Å². The summed E-state index contributed by atoms with van der Waals surface area (Å²) < 4.78 is 12.8. The fourth-order valence-corrected chi connectivity index (χ4v) is 8.01. The van der Waals surface area contributed by atoms with Crippen LogP contribution in [0.2, 0.25) is 0 Å². The van der Waals surface area contributed by atoms with Gasteiger partial charge in [0.05, 0.1) is 63.9 Å². The second kappa shape index (κ2) is 12.4. The van der Waals surface area contributed by atoms with Gasteiger partial charge in [-0.3, -0.25) is 4.79 Å². The molecule has 4 heterocycles. The number of pyridine rings is 1. The maximum absolute atomic E-state index is 13.8. The topological polar surface area (TPSA) is 86.5 Å². The normalized spacial score (nSPS) is 16.0. The molecule has 232 valence electrons. The monoisotopic (exact) mass is 622 g/mol. The second-order valence-corrected chi connectivity index (χ2v) is 13.4. The van der Waals surface area contributed by atoms with Crippen LogP contribution in [0, 0.1) is 13.8 Å². The SMILES string of the molecule is COC(=O)c1ccc2c(C3CCCCC3)c(-c3ccc4nc(-c5sc(C)nc5C)ccc4c3)n(CC(=O)N3CCOCC3)c2c1. The number of methoxy groups -OCH3 is 1. The number of ether oxygens (including phenoxy) is 2. The Bertz CT molecular complexity index is 1910. The van der Waals surface area contributed by atoms with Crippen LogP contribution in [0.3, 0.4) is 0 Å². The third kappa shape index (κ3) is 5.64. The van der Waals surface area contributed by atoms with Gasteiger partial charge in [0.1, 0.15) is 6.54 Å². The van der Waals surface area contributed by atoms with Crippen molar-refractivity contribution in [1.82, 2.24) is 19.4 Å². The maximum atomic E-state index is 13.8. The quantitative estimate of drug-likeness (QED) is 0.185. The van der Waals surface area contributed by atoms with Crippen molar-refractivity contribution in [2.24, 2.45) is 0 Å². The molecule has 7 rings (SSSR count). The lowest BCUT2D eigenvalue weighted by molar-refractivity contribution is -0.135. The molecule has 9 heteroatoms. The highest BCUT2D eigenvalue weighted by molar-refractivity contribution is 7.15. The lowest BCUT2D eigenvalue weighted by Crippen LogP contribution is -2.42.